The fraction of sp³-hybridized carbons (Fsp3) is 0. The molecule has 1 aromatic carbocycles. The van der Waals surface area contributed by atoms with Gasteiger partial charge in [-0.25, -0.2) is 0 Å². The highest BCUT2D eigenvalue weighted by Crippen LogP contribution is 2.27. The van der Waals surface area contributed by atoms with Crippen molar-refractivity contribution in [3.05, 3.63) is 34.4 Å². The number of nitrogens with one attached hydrogen (secondary N) is 2. The zero-order valence-corrected chi connectivity index (χ0v) is 9.10. The van der Waals surface area contributed by atoms with Crippen LogP contribution in [0.25, 0.3) is 0 Å². The average molecular weight is 243 g/mol. The van der Waals surface area contributed by atoms with Crippen LogP contribution < -0.4 is 11.1 Å². The number of nitrogens with zero attached hydrogens (tertiary/aromatic N) is 1. The fourth-order valence-electron chi connectivity index (χ4n) is 1.13. The predicted octanol–water partition coefficient (Wildman–Crippen LogP) is 3.04. The fourth-order valence-corrected chi connectivity index (χ4v) is 1.42. The Bertz CT molecular complexity index is 481. The first-order valence-corrected chi connectivity index (χ1v) is 4.93. The number of halogens is 2. The average Bonchev–Trinajstić information content (AvgIpc) is 2.59. The third kappa shape index (κ3) is 2.16. The first-order chi connectivity index (χ1) is 7.16. The van der Waals surface area contributed by atoms with Gasteiger partial charge in [0.2, 0.25) is 0 Å². The molecule has 78 valence electrons. The lowest BCUT2D eigenvalue weighted by Gasteiger charge is -2.05. The molecule has 4 N–H and O–H groups in total. The first-order valence-electron chi connectivity index (χ1n) is 4.18. The number of aromatic nitrogens is 2. The molecule has 0 amide bonds. The van der Waals surface area contributed by atoms with E-state index in [9.17, 15) is 0 Å². The van der Waals surface area contributed by atoms with Crippen LogP contribution in [0.1, 0.15) is 0 Å². The Balaban J connectivity index is 2.25. The van der Waals surface area contributed by atoms with Crippen molar-refractivity contribution in [3.8, 4) is 0 Å². The summed E-state index contributed by atoms with van der Waals surface area (Å²) in [6.07, 6.45) is 1.60. The van der Waals surface area contributed by atoms with Crippen LogP contribution in [-0.4, -0.2) is 10.2 Å². The topological polar surface area (TPSA) is 66.7 Å². The summed E-state index contributed by atoms with van der Waals surface area (Å²) in [5, 5.41) is 10.5. The first kappa shape index (κ1) is 10.1. The van der Waals surface area contributed by atoms with Crippen molar-refractivity contribution in [3.63, 3.8) is 0 Å². The lowest BCUT2D eigenvalue weighted by atomic mass is 10.3. The van der Waals surface area contributed by atoms with Gasteiger partial charge in [-0.05, 0) is 18.2 Å². The van der Waals surface area contributed by atoms with Crippen molar-refractivity contribution < 1.29 is 0 Å². The van der Waals surface area contributed by atoms with Gasteiger partial charge in [-0.15, -0.1) is 0 Å². The van der Waals surface area contributed by atoms with Crippen LogP contribution in [-0.2, 0) is 0 Å². The molecule has 2 aromatic rings. The van der Waals surface area contributed by atoms with Crippen molar-refractivity contribution in [1.82, 2.24) is 10.2 Å². The van der Waals surface area contributed by atoms with Crippen LogP contribution in [0.15, 0.2) is 24.4 Å². The summed E-state index contributed by atoms with van der Waals surface area (Å²) < 4.78 is 0. The number of rotatable bonds is 2. The van der Waals surface area contributed by atoms with Crippen LogP contribution >= 0.6 is 23.2 Å². The highest BCUT2D eigenvalue weighted by Gasteiger charge is 2.03. The number of hydrogen-bond acceptors (Lipinski definition) is 3. The van der Waals surface area contributed by atoms with E-state index in [1.165, 1.54) is 0 Å². The lowest BCUT2D eigenvalue weighted by molar-refractivity contribution is 1.10. The van der Waals surface area contributed by atoms with E-state index in [-0.39, 0.29) is 0 Å². The molecule has 1 heterocycles. The molecule has 1 aromatic heterocycles. The molecule has 2 rings (SSSR count). The lowest BCUT2D eigenvalue weighted by Crippen LogP contribution is -1.93. The third-order valence-corrected chi connectivity index (χ3v) is 2.61. The molecule has 6 heteroatoms. The Morgan fingerprint density at radius 1 is 1.27 bits per heavy atom. The maximum Gasteiger partial charge on any atom is 0.143 e. The van der Waals surface area contributed by atoms with Gasteiger partial charge in [-0.3, -0.25) is 5.10 Å². The second kappa shape index (κ2) is 4.00. The van der Waals surface area contributed by atoms with Gasteiger partial charge < -0.3 is 11.1 Å². The van der Waals surface area contributed by atoms with Gasteiger partial charge in [-0.1, -0.05) is 23.2 Å². The molecule has 0 unspecified atom stereocenters. The van der Waals surface area contributed by atoms with E-state index in [1.807, 2.05) is 0 Å². The molecular weight excluding hydrogens is 235 g/mol. The molecule has 0 atom stereocenters. The predicted molar refractivity (Wildman–Crippen MR) is 62.7 cm³/mol. The number of benzene rings is 1. The van der Waals surface area contributed by atoms with E-state index < -0.39 is 0 Å². The van der Waals surface area contributed by atoms with Crippen LogP contribution in [0.5, 0.6) is 0 Å². The standard InChI is InChI=1S/C9H8Cl2N4/c10-6-2-1-5(3-7(6)11)14-8-4-13-15-9(8)12/h1-4,14H,(H3,12,13,15). The highest BCUT2D eigenvalue weighted by molar-refractivity contribution is 6.42. The molecule has 0 saturated carbocycles. The van der Waals surface area contributed by atoms with Gasteiger partial charge in [-0.2, -0.15) is 5.10 Å². The second-order valence-electron chi connectivity index (χ2n) is 2.95. The quantitative estimate of drug-likeness (QED) is 0.759. The Morgan fingerprint density at radius 3 is 2.67 bits per heavy atom. The smallest absolute Gasteiger partial charge is 0.143 e. The van der Waals surface area contributed by atoms with Gasteiger partial charge in [0.25, 0.3) is 0 Å². The normalized spacial score (nSPS) is 10.3. The van der Waals surface area contributed by atoms with Gasteiger partial charge in [0.05, 0.1) is 16.2 Å². The summed E-state index contributed by atoms with van der Waals surface area (Å²) in [5.74, 6) is 0.473. The summed E-state index contributed by atoms with van der Waals surface area (Å²) in [4.78, 5) is 0. The zero-order valence-electron chi connectivity index (χ0n) is 7.59. The summed E-state index contributed by atoms with van der Waals surface area (Å²) in [7, 11) is 0. The molecule has 15 heavy (non-hydrogen) atoms. The molecule has 0 spiro atoms. The number of H-pyrrole nitrogens is 1. The van der Waals surface area contributed by atoms with Crippen LogP contribution in [0.2, 0.25) is 10.0 Å². The van der Waals surface area contributed by atoms with E-state index >= 15 is 0 Å². The minimum atomic E-state index is 0.473. The Kier molecular flexibility index (Phi) is 2.70. The highest BCUT2D eigenvalue weighted by atomic mass is 35.5. The van der Waals surface area contributed by atoms with Crippen molar-refractivity contribution in [1.29, 1.82) is 0 Å². The van der Waals surface area contributed by atoms with Gasteiger partial charge in [0, 0.05) is 5.69 Å². The molecule has 0 bridgehead atoms. The van der Waals surface area contributed by atoms with Crippen molar-refractivity contribution in [2.24, 2.45) is 0 Å². The largest absolute Gasteiger partial charge is 0.382 e. The van der Waals surface area contributed by atoms with E-state index in [4.69, 9.17) is 28.9 Å². The van der Waals surface area contributed by atoms with Crippen LogP contribution in [0, 0.1) is 0 Å². The minimum Gasteiger partial charge on any atom is -0.382 e. The molecule has 4 nitrogen and oxygen atoms in total. The van der Waals surface area contributed by atoms with Crippen LogP contribution in [0.3, 0.4) is 0 Å². The summed E-state index contributed by atoms with van der Waals surface area (Å²) in [6, 6.07) is 5.24. The number of nitrogens with two attached hydrogens (primary N) is 1. The van der Waals surface area contributed by atoms with E-state index in [0.29, 0.717) is 21.6 Å². The summed E-state index contributed by atoms with van der Waals surface area (Å²) >= 11 is 11.7. The molecule has 0 fully saturated rings. The number of aromatic amines is 1. The van der Waals surface area contributed by atoms with E-state index in [0.717, 1.165) is 5.69 Å². The number of anilines is 3. The maximum atomic E-state index is 5.87. The molecule has 0 aliphatic carbocycles. The Hall–Kier alpha value is -1.39. The van der Waals surface area contributed by atoms with Crippen LogP contribution in [0.4, 0.5) is 17.2 Å². The molecule has 0 aliphatic heterocycles. The van der Waals surface area contributed by atoms with E-state index in [1.54, 1.807) is 24.4 Å². The van der Waals surface area contributed by atoms with Crippen molar-refractivity contribution in [2.75, 3.05) is 11.1 Å². The van der Waals surface area contributed by atoms with Gasteiger partial charge >= 0.3 is 0 Å². The minimum absolute atomic E-state index is 0.473. The molecule has 0 radical (unpaired) electrons. The van der Waals surface area contributed by atoms with Gasteiger partial charge in [0.1, 0.15) is 11.5 Å². The molecule has 0 aliphatic rings. The summed E-state index contributed by atoms with van der Waals surface area (Å²) in [6.45, 7) is 0. The summed E-state index contributed by atoms with van der Waals surface area (Å²) in [5.41, 5.74) is 7.12. The molecular formula is C9H8Cl2N4. The number of nitrogen functional groups attached to an aromatic ring is 1. The third-order valence-electron chi connectivity index (χ3n) is 1.87. The van der Waals surface area contributed by atoms with Crippen molar-refractivity contribution in [2.45, 2.75) is 0 Å². The SMILES string of the molecule is Nc1[nH]ncc1Nc1ccc(Cl)c(Cl)c1. The van der Waals surface area contributed by atoms with E-state index in [2.05, 4.69) is 15.5 Å². The number of hydrogen-bond donors (Lipinski definition) is 3. The van der Waals surface area contributed by atoms with Crippen molar-refractivity contribution >= 4 is 40.4 Å². The Labute approximate surface area is 96.4 Å². The zero-order chi connectivity index (χ0) is 10.8. The second-order valence-corrected chi connectivity index (χ2v) is 3.77. The van der Waals surface area contributed by atoms with Gasteiger partial charge in [0.15, 0.2) is 0 Å². The maximum absolute atomic E-state index is 5.87. The molecule has 0 saturated heterocycles. The monoisotopic (exact) mass is 242 g/mol. The Morgan fingerprint density at radius 2 is 2.07 bits per heavy atom.